The zero-order valence-corrected chi connectivity index (χ0v) is 19.0. The van der Waals surface area contributed by atoms with Gasteiger partial charge in [0.1, 0.15) is 12.4 Å². The largest absolute Gasteiger partial charge is 0.488 e. The number of hydrogen-bond acceptors (Lipinski definition) is 7. The summed E-state index contributed by atoms with van der Waals surface area (Å²) in [6.07, 6.45) is 1.40. The second kappa shape index (κ2) is 11.0. The number of fused-ring (bicyclic) bond motifs is 1. The second-order valence-electron chi connectivity index (χ2n) is 7.32. The lowest BCUT2D eigenvalue weighted by atomic mass is 10.1. The zero-order valence-electron chi connectivity index (χ0n) is 18.3. The molecule has 35 heavy (non-hydrogen) atoms. The maximum Gasteiger partial charge on any atom is 0.259 e. The van der Waals surface area contributed by atoms with Crippen molar-refractivity contribution >= 4 is 29.6 Å². The van der Waals surface area contributed by atoms with E-state index < -0.39 is 11.8 Å². The van der Waals surface area contributed by atoms with Gasteiger partial charge in [0.05, 0.1) is 24.4 Å². The number of hydrogen-bond donors (Lipinski definition) is 2. The van der Waals surface area contributed by atoms with Crippen LogP contribution in [-0.2, 0) is 11.4 Å². The Bertz CT molecular complexity index is 1320. The number of halogens is 1. The van der Waals surface area contributed by atoms with Crippen molar-refractivity contribution in [2.45, 2.75) is 6.61 Å². The van der Waals surface area contributed by atoms with E-state index in [0.717, 1.165) is 5.56 Å². The highest BCUT2D eigenvalue weighted by molar-refractivity contribution is 6.30. The number of rotatable bonds is 8. The molecule has 0 saturated carbocycles. The van der Waals surface area contributed by atoms with Crippen molar-refractivity contribution in [3.05, 3.63) is 87.9 Å². The number of nitrogens with one attached hydrogen (secondary N) is 2. The Morgan fingerprint density at radius 2 is 1.89 bits per heavy atom. The summed E-state index contributed by atoms with van der Waals surface area (Å²) in [5, 5.41) is 15.8. The Morgan fingerprint density at radius 1 is 1.09 bits per heavy atom. The molecule has 3 aromatic carbocycles. The first kappa shape index (κ1) is 23.6. The van der Waals surface area contributed by atoms with Gasteiger partial charge in [-0.1, -0.05) is 23.7 Å². The van der Waals surface area contributed by atoms with E-state index in [4.69, 9.17) is 31.1 Å². The Kier molecular flexibility index (Phi) is 7.45. The van der Waals surface area contributed by atoms with Crippen LogP contribution in [-0.4, -0.2) is 31.4 Å². The van der Waals surface area contributed by atoms with Gasteiger partial charge in [0.25, 0.3) is 11.8 Å². The molecule has 2 amide bonds. The third-order valence-electron chi connectivity index (χ3n) is 4.89. The molecule has 1 heterocycles. The summed E-state index contributed by atoms with van der Waals surface area (Å²) in [6, 6.07) is 18.9. The molecule has 10 heteroatoms. The minimum Gasteiger partial charge on any atom is -0.488 e. The lowest BCUT2D eigenvalue weighted by Crippen LogP contribution is -2.34. The Morgan fingerprint density at radius 3 is 2.69 bits per heavy atom. The van der Waals surface area contributed by atoms with Gasteiger partial charge in [0, 0.05) is 16.1 Å². The van der Waals surface area contributed by atoms with Crippen molar-refractivity contribution < 1.29 is 23.8 Å². The monoisotopic (exact) mass is 490 g/mol. The lowest BCUT2D eigenvalue weighted by molar-refractivity contribution is -0.120. The molecule has 0 bridgehead atoms. The molecular weight excluding hydrogens is 472 g/mol. The zero-order chi connectivity index (χ0) is 24.6. The van der Waals surface area contributed by atoms with Crippen molar-refractivity contribution in [1.82, 2.24) is 10.7 Å². The van der Waals surface area contributed by atoms with Gasteiger partial charge in [-0.3, -0.25) is 9.59 Å². The number of carbonyl (C=O) groups is 2. The highest BCUT2D eigenvalue weighted by Crippen LogP contribution is 2.32. The van der Waals surface area contributed by atoms with Crippen molar-refractivity contribution in [2.24, 2.45) is 5.10 Å². The molecule has 9 nitrogen and oxygen atoms in total. The molecule has 176 valence electrons. The molecule has 1 aliphatic rings. The summed E-state index contributed by atoms with van der Waals surface area (Å²) in [5.74, 6) is 0.598. The van der Waals surface area contributed by atoms with E-state index in [1.165, 1.54) is 6.21 Å². The van der Waals surface area contributed by atoms with Crippen LogP contribution in [0.25, 0.3) is 0 Å². The summed E-state index contributed by atoms with van der Waals surface area (Å²) in [5.41, 5.74) is 4.70. The average molecular weight is 491 g/mol. The first-order chi connectivity index (χ1) is 17.0. The van der Waals surface area contributed by atoms with Gasteiger partial charge in [0.2, 0.25) is 6.79 Å². The molecule has 0 fully saturated rings. The fourth-order valence-electron chi connectivity index (χ4n) is 3.10. The van der Waals surface area contributed by atoms with Crippen LogP contribution in [0.5, 0.6) is 17.2 Å². The molecule has 2 N–H and O–H groups in total. The molecule has 0 unspecified atom stereocenters. The molecule has 0 atom stereocenters. The van der Waals surface area contributed by atoms with E-state index >= 15 is 0 Å². The molecule has 4 rings (SSSR count). The van der Waals surface area contributed by atoms with Gasteiger partial charge >= 0.3 is 0 Å². The fraction of sp³-hybridized carbons (Fsp3) is 0.120. The van der Waals surface area contributed by atoms with Gasteiger partial charge in [-0.15, -0.1) is 0 Å². The molecule has 0 spiro atoms. The predicted molar refractivity (Wildman–Crippen MR) is 128 cm³/mol. The van der Waals surface area contributed by atoms with Gasteiger partial charge in [-0.25, -0.2) is 5.43 Å². The predicted octanol–water partition coefficient (Wildman–Crippen LogP) is 3.40. The molecule has 3 aromatic rings. The number of nitriles is 1. The summed E-state index contributed by atoms with van der Waals surface area (Å²) >= 11 is 6.09. The number of nitrogens with zero attached hydrogens (tertiary/aromatic N) is 2. The SMILES string of the molecule is N#Cc1ccc(COc2ccc(Cl)cc2/C=N\NC(=O)CNC(=O)c2ccc3c(c2)OCO3)cc1. The normalized spacial score (nSPS) is 11.7. The first-order valence-electron chi connectivity index (χ1n) is 10.4. The third-order valence-corrected chi connectivity index (χ3v) is 5.12. The van der Waals surface area contributed by atoms with Crippen molar-refractivity contribution in [2.75, 3.05) is 13.3 Å². The smallest absolute Gasteiger partial charge is 0.259 e. The standard InChI is InChI=1S/C25H19ClN4O5/c26-20-6-8-21(33-14-17-3-1-16(11-27)2-4-17)19(9-20)12-29-30-24(31)13-28-25(32)18-5-7-22-23(10-18)35-15-34-22/h1-10,12H,13-15H2,(H,28,32)(H,30,31)/b29-12-. The van der Waals surface area contributed by atoms with E-state index in [9.17, 15) is 9.59 Å². The maximum absolute atomic E-state index is 12.3. The average Bonchev–Trinajstić information content (AvgIpc) is 3.35. The lowest BCUT2D eigenvalue weighted by Gasteiger charge is -2.10. The van der Waals surface area contributed by atoms with E-state index in [1.54, 1.807) is 60.7 Å². The third kappa shape index (κ3) is 6.28. The van der Waals surface area contributed by atoms with Crippen molar-refractivity contribution in [3.63, 3.8) is 0 Å². The van der Waals surface area contributed by atoms with E-state index in [-0.39, 0.29) is 19.9 Å². The van der Waals surface area contributed by atoms with Crippen molar-refractivity contribution in [1.29, 1.82) is 5.26 Å². The molecule has 1 aliphatic heterocycles. The van der Waals surface area contributed by atoms with E-state index in [0.29, 0.717) is 39.0 Å². The van der Waals surface area contributed by atoms with Gasteiger partial charge in [-0.05, 0) is 54.1 Å². The molecule has 0 saturated heterocycles. The van der Waals surface area contributed by atoms with Crippen LogP contribution in [0.3, 0.4) is 0 Å². The topological polar surface area (TPSA) is 122 Å². The number of hydrazone groups is 1. The van der Waals surface area contributed by atoms with Gasteiger partial charge in [-0.2, -0.15) is 10.4 Å². The minimum absolute atomic E-state index is 0.107. The minimum atomic E-state index is -0.516. The highest BCUT2D eigenvalue weighted by atomic mass is 35.5. The van der Waals surface area contributed by atoms with E-state index in [1.807, 2.05) is 0 Å². The van der Waals surface area contributed by atoms with Crippen LogP contribution in [0.2, 0.25) is 5.02 Å². The number of amides is 2. The molecule has 0 aliphatic carbocycles. The van der Waals surface area contributed by atoms with Crippen LogP contribution in [0.15, 0.2) is 65.8 Å². The highest BCUT2D eigenvalue weighted by Gasteiger charge is 2.16. The fourth-order valence-corrected chi connectivity index (χ4v) is 3.28. The molecule has 0 aromatic heterocycles. The maximum atomic E-state index is 12.3. The van der Waals surface area contributed by atoms with Crippen LogP contribution in [0, 0.1) is 11.3 Å². The molecule has 0 radical (unpaired) electrons. The van der Waals surface area contributed by atoms with Crippen LogP contribution >= 0.6 is 11.6 Å². The van der Waals surface area contributed by atoms with Gasteiger partial charge in [0.15, 0.2) is 11.5 Å². The molecular formula is C25H19ClN4O5. The quantitative estimate of drug-likeness (QED) is 0.368. The summed E-state index contributed by atoms with van der Waals surface area (Å²) in [7, 11) is 0. The first-order valence-corrected chi connectivity index (χ1v) is 10.8. The van der Waals surface area contributed by atoms with Crippen molar-refractivity contribution in [3.8, 4) is 23.3 Å². The van der Waals surface area contributed by atoms with Crippen LogP contribution < -0.4 is 25.0 Å². The Balaban J connectivity index is 1.30. The Hall–Kier alpha value is -4.55. The number of benzene rings is 3. The van der Waals surface area contributed by atoms with E-state index in [2.05, 4.69) is 21.9 Å². The van der Waals surface area contributed by atoms with Crippen LogP contribution in [0.1, 0.15) is 27.0 Å². The summed E-state index contributed by atoms with van der Waals surface area (Å²) < 4.78 is 16.3. The van der Waals surface area contributed by atoms with Crippen LogP contribution in [0.4, 0.5) is 0 Å². The second-order valence-corrected chi connectivity index (χ2v) is 7.76. The van der Waals surface area contributed by atoms with Gasteiger partial charge < -0.3 is 19.5 Å². The number of carbonyl (C=O) groups excluding carboxylic acids is 2. The Labute approximate surface area is 205 Å². The number of ether oxygens (including phenoxy) is 3. The summed E-state index contributed by atoms with van der Waals surface area (Å²) in [6.45, 7) is 0.101. The summed E-state index contributed by atoms with van der Waals surface area (Å²) in [4.78, 5) is 24.4.